The predicted octanol–water partition coefficient (Wildman–Crippen LogP) is 6.20. The largest absolute Gasteiger partial charge is 0.365 e. The van der Waals surface area contributed by atoms with E-state index in [1.165, 1.54) is 50.7 Å². The highest BCUT2D eigenvalue weighted by molar-refractivity contribution is 6.29. The van der Waals surface area contributed by atoms with Crippen molar-refractivity contribution in [1.82, 2.24) is 24.9 Å². The lowest BCUT2D eigenvalue weighted by molar-refractivity contribution is -0.384. The number of anilines is 2. The summed E-state index contributed by atoms with van der Waals surface area (Å²) >= 11 is 0. The molecular weight excluding hydrogens is 831 g/mol. The van der Waals surface area contributed by atoms with Crippen LogP contribution >= 0.6 is 0 Å². The van der Waals surface area contributed by atoms with E-state index in [0.717, 1.165) is 61.7 Å². The molecule has 4 saturated heterocycles. The minimum Gasteiger partial charge on any atom is -0.365 e. The smallest absolute Gasteiger partial charge is 0.293 e. The van der Waals surface area contributed by atoms with Crippen LogP contribution in [0.3, 0.4) is 0 Å². The van der Waals surface area contributed by atoms with Crippen molar-refractivity contribution < 1.29 is 29.0 Å². The van der Waals surface area contributed by atoms with Gasteiger partial charge in [0.2, 0.25) is 0 Å². The molecule has 17 heteroatoms. The second-order valence-electron chi connectivity index (χ2n) is 18.5. The van der Waals surface area contributed by atoms with Crippen LogP contribution in [0.5, 0.6) is 0 Å². The summed E-state index contributed by atoms with van der Waals surface area (Å²) in [7, 11) is 0. The Hall–Kier alpha value is -6.04. The number of nitro benzene ring substituents is 2. The maximum Gasteiger partial charge on any atom is 0.293 e. The van der Waals surface area contributed by atoms with E-state index >= 15 is 0 Å². The van der Waals surface area contributed by atoms with Gasteiger partial charge in [0.05, 0.1) is 21.0 Å². The summed E-state index contributed by atoms with van der Waals surface area (Å²) < 4.78 is 0. The number of hydrogen-bond acceptors (Lipinski definition) is 13. The predicted molar refractivity (Wildman–Crippen MR) is 246 cm³/mol. The summed E-state index contributed by atoms with van der Waals surface area (Å²) in [6.45, 7) is 6.96. The Morgan fingerprint density at radius 2 is 0.877 bits per heavy atom. The zero-order chi connectivity index (χ0) is 44.9. The first-order valence-corrected chi connectivity index (χ1v) is 23.5. The summed E-state index contributed by atoms with van der Waals surface area (Å²) in [6.07, 6.45) is 10.8. The third-order valence-corrected chi connectivity index (χ3v) is 14.9. The molecule has 65 heavy (non-hydrogen) atoms. The topological polar surface area (TPSA) is 186 Å². The van der Waals surface area contributed by atoms with Crippen LogP contribution in [0.1, 0.15) is 106 Å². The lowest BCUT2D eigenvalue weighted by Crippen LogP contribution is -2.47. The van der Waals surface area contributed by atoms with E-state index in [2.05, 4.69) is 15.1 Å². The molecule has 4 aromatic carbocycles. The Morgan fingerprint density at radius 1 is 0.508 bits per heavy atom. The van der Waals surface area contributed by atoms with Gasteiger partial charge in [-0.3, -0.25) is 49.2 Å². The van der Waals surface area contributed by atoms with Gasteiger partial charge in [-0.05, 0) is 89.7 Å². The fraction of sp³-hybridized carbons (Fsp3) is 0.500. The van der Waals surface area contributed by atoms with Gasteiger partial charge in [-0.2, -0.15) is 0 Å². The normalized spacial score (nSPS) is 20.4. The van der Waals surface area contributed by atoms with Crippen LogP contribution in [0.2, 0.25) is 0 Å². The Balaban J connectivity index is 0.814. The number of nitrogens with one attached hydrogen (secondary N) is 1. The molecule has 0 spiro atoms. The van der Waals surface area contributed by atoms with E-state index in [9.17, 15) is 39.4 Å². The van der Waals surface area contributed by atoms with Crippen molar-refractivity contribution in [1.29, 1.82) is 0 Å². The molecule has 17 nitrogen and oxygen atoms in total. The van der Waals surface area contributed by atoms with Crippen LogP contribution in [0, 0.1) is 20.2 Å². The Morgan fingerprint density at radius 3 is 1.25 bits per heavy atom. The Bertz CT molecular complexity index is 2430. The SMILES string of the molecule is O=C1c2cccc3c(N4CCC(N5CCCCC5)CC4)c([N+](=O)[O-])cc(c23)C(=O)N1CCNCCN1C(=O)c2cccc3c(N4CCC(N5CCCCC5)CC4)c([N+](=O)[O-])cc(c23)C1=O. The van der Waals surface area contributed by atoms with Crippen LogP contribution in [0.15, 0.2) is 48.5 Å². The molecule has 0 unspecified atom stereocenters. The van der Waals surface area contributed by atoms with Crippen LogP contribution < -0.4 is 15.1 Å². The average molecular weight is 886 g/mol. The monoisotopic (exact) mass is 885 g/mol. The highest BCUT2D eigenvalue weighted by Crippen LogP contribution is 2.45. The minimum atomic E-state index is -0.627. The van der Waals surface area contributed by atoms with Crippen molar-refractivity contribution in [3.63, 3.8) is 0 Å². The molecule has 0 bridgehead atoms. The number of nitro groups is 2. The fourth-order valence-corrected chi connectivity index (χ4v) is 11.7. The van der Waals surface area contributed by atoms with Crippen molar-refractivity contribution in [3.8, 4) is 0 Å². The Kier molecular flexibility index (Phi) is 11.7. The molecule has 0 atom stereocenters. The third kappa shape index (κ3) is 7.66. The van der Waals surface area contributed by atoms with Crippen LogP contribution in [0.25, 0.3) is 21.5 Å². The maximum absolute atomic E-state index is 14.1. The molecule has 4 fully saturated rings. The van der Waals surface area contributed by atoms with Crippen LogP contribution in [0.4, 0.5) is 22.7 Å². The summed E-state index contributed by atoms with van der Waals surface area (Å²) in [5.74, 6) is -2.26. The number of hydrogen-bond donors (Lipinski definition) is 1. The van der Waals surface area contributed by atoms with E-state index in [0.29, 0.717) is 82.3 Å². The van der Waals surface area contributed by atoms with E-state index < -0.39 is 33.5 Å². The summed E-state index contributed by atoms with van der Waals surface area (Å²) in [5, 5.41) is 30.3. The fourth-order valence-electron chi connectivity index (χ4n) is 11.7. The molecule has 0 aliphatic carbocycles. The van der Waals surface area contributed by atoms with Crippen molar-refractivity contribution in [2.75, 3.05) is 88.3 Å². The van der Waals surface area contributed by atoms with Gasteiger partial charge >= 0.3 is 0 Å². The highest BCUT2D eigenvalue weighted by atomic mass is 16.6. The maximum atomic E-state index is 14.1. The van der Waals surface area contributed by atoms with Gasteiger partial charge in [0.1, 0.15) is 11.4 Å². The number of amides is 4. The minimum absolute atomic E-state index is 0.0681. The van der Waals surface area contributed by atoms with Gasteiger partial charge in [0.15, 0.2) is 0 Å². The number of likely N-dealkylation sites (tertiary alicyclic amines) is 2. The molecule has 6 aliphatic rings. The standard InChI is InChI=1S/C48H55N9O8/c58-45-35-11-7-9-33-41(35)37(29-39(56(62)63)43(33)52-23-13-31(14-24-52)50-19-3-1-4-20-50)47(60)54(45)27-17-49-18-28-55-46(59)36-12-8-10-34-42(36)38(48(55)61)30-40(57(64)65)44(34)53-25-15-32(16-26-53)51-21-5-2-6-22-51/h7-12,29-32,49H,1-6,13-28H2. The van der Waals surface area contributed by atoms with E-state index in [-0.39, 0.29) is 48.7 Å². The molecule has 6 aliphatic heterocycles. The Labute approximate surface area is 376 Å². The van der Waals surface area contributed by atoms with E-state index in [1.54, 1.807) is 36.4 Å². The highest BCUT2D eigenvalue weighted by Gasteiger charge is 2.40. The molecule has 4 amide bonds. The molecule has 340 valence electrons. The average Bonchev–Trinajstić information content (AvgIpc) is 3.34. The molecular formula is C48H55N9O8. The molecule has 0 radical (unpaired) electrons. The molecule has 1 N–H and O–H groups in total. The zero-order valence-corrected chi connectivity index (χ0v) is 36.7. The number of rotatable bonds is 12. The lowest BCUT2D eigenvalue weighted by Gasteiger charge is -2.41. The first kappa shape index (κ1) is 42.9. The van der Waals surface area contributed by atoms with Crippen molar-refractivity contribution in [2.45, 2.75) is 76.3 Å². The molecule has 0 saturated carbocycles. The lowest BCUT2D eigenvalue weighted by atomic mass is 9.91. The number of carbonyl (C=O) groups is 4. The quantitative estimate of drug-likeness (QED) is 0.0735. The van der Waals surface area contributed by atoms with Gasteiger partial charge in [0, 0.05) is 109 Å². The van der Waals surface area contributed by atoms with Crippen molar-refractivity contribution in [3.05, 3.63) is 91.0 Å². The molecule has 10 rings (SSSR count). The van der Waals surface area contributed by atoms with Gasteiger partial charge in [0.25, 0.3) is 35.0 Å². The number of piperidine rings is 4. The number of benzene rings is 4. The number of imide groups is 2. The first-order chi connectivity index (χ1) is 31.6. The number of carbonyl (C=O) groups excluding carboxylic acids is 4. The summed E-state index contributed by atoms with van der Waals surface area (Å²) in [6, 6.07) is 13.8. The van der Waals surface area contributed by atoms with Crippen molar-refractivity contribution in [2.24, 2.45) is 0 Å². The van der Waals surface area contributed by atoms with Gasteiger partial charge in [-0.15, -0.1) is 0 Å². The molecule has 6 heterocycles. The second-order valence-corrected chi connectivity index (χ2v) is 18.5. The molecule has 4 aromatic rings. The van der Waals surface area contributed by atoms with Crippen LogP contribution in [-0.4, -0.2) is 144 Å². The van der Waals surface area contributed by atoms with Crippen molar-refractivity contribution >= 4 is 67.9 Å². The third-order valence-electron chi connectivity index (χ3n) is 14.9. The van der Waals surface area contributed by atoms with Crippen LogP contribution in [-0.2, 0) is 0 Å². The second kappa shape index (κ2) is 17.7. The van der Waals surface area contributed by atoms with E-state index in [4.69, 9.17) is 0 Å². The van der Waals surface area contributed by atoms with Gasteiger partial charge in [-0.25, -0.2) is 0 Å². The number of nitrogens with zero attached hydrogens (tertiary/aromatic N) is 8. The van der Waals surface area contributed by atoms with Gasteiger partial charge < -0.3 is 24.9 Å². The van der Waals surface area contributed by atoms with Gasteiger partial charge in [-0.1, -0.05) is 37.1 Å². The molecule has 0 aromatic heterocycles. The zero-order valence-electron chi connectivity index (χ0n) is 36.7. The van der Waals surface area contributed by atoms with E-state index in [1.807, 2.05) is 9.80 Å². The summed E-state index contributed by atoms with van der Waals surface area (Å²) in [5.41, 5.74) is 1.37. The first-order valence-electron chi connectivity index (χ1n) is 23.5. The summed E-state index contributed by atoms with van der Waals surface area (Å²) in [4.78, 5) is 91.9.